The molecule has 0 radical (unpaired) electrons. The Kier molecular flexibility index (Phi) is 11.6. The highest BCUT2D eigenvalue weighted by Gasteiger charge is 2.24. The highest BCUT2D eigenvalue weighted by molar-refractivity contribution is 14.0. The van der Waals surface area contributed by atoms with Crippen LogP contribution in [0.2, 0.25) is 0 Å². The number of rotatable bonds is 8. The van der Waals surface area contributed by atoms with Crippen molar-refractivity contribution in [1.29, 1.82) is 0 Å². The summed E-state index contributed by atoms with van der Waals surface area (Å²) in [6, 6.07) is 7.61. The first-order valence-electron chi connectivity index (χ1n) is 9.16. The number of hydrogen-bond donors (Lipinski definition) is 3. The molecule has 0 spiro atoms. The van der Waals surface area contributed by atoms with E-state index in [4.69, 9.17) is 4.74 Å². The number of carbonyl (C=O) groups excluding carboxylic acids is 1. The second-order valence-electron chi connectivity index (χ2n) is 6.26. The van der Waals surface area contributed by atoms with Crippen molar-refractivity contribution in [2.45, 2.75) is 37.5 Å². The lowest BCUT2D eigenvalue weighted by Crippen LogP contribution is -2.43. The lowest BCUT2D eigenvalue weighted by molar-refractivity contribution is 0.0954. The second-order valence-corrected chi connectivity index (χ2v) is 7.40. The predicted octanol–water partition coefficient (Wildman–Crippen LogP) is 2.88. The fourth-order valence-electron chi connectivity index (χ4n) is 3.00. The molecular weight excluding hydrogens is 475 g/mol. The van der Waals surface area contributed by atoms with Gasteiger partial charge < -0.3 is 20.7 Å². The van der Waals surface area contributed by atoms with Crippen LogP contribution in [-0.4, -0.2) is 56.2 Å². The van der Waals surface area contributed by atoms with Gasteiger partial charge in [-0.25, -0.2) is 0 Å². The van der Waals surface area contributed by atoms with Crippen molar-refractivity contribution in [3.63, 3.8) is 0 Å². The van der Waals surface area contributed by atoms with Gasteiger partial charge in [-0.2, -0.15) is 11.8 Å². The third kappa shape index (κ3) is 8.16. The predicted molar refractivity (Wildman–Crippen MR) is 125 cm³/mol. The van der Waals surface area contributed by atoms with Gasteiger partial charge in [-0.15, -0.1) is 24.0 Å². The Labute approximate surface area is 183 Å². The smallest absolute Gasteiger partial charge is 0.251 e. The minimum absolute atomic E-state index is 0. The zero-order valence-electron chi connectivity index (χ0n) is 16.3. The molecule has 1 fully saturated rings. The second kappa shape index (κ2) is 13.1. The molecule has 152 valence electrons. The molecular formula is C19H31IN4O2S. The van der Waals surface area contributed by atoms with Crippen LogP contribution in [0, 0.1) is 0 Å². The number of nitrogens with one attached hydrogen (secondary N) is 3. The summed E-state index contributed by atoms with van der Waals surface area (Å²) in [6.45, 7) is 3.90. The van der Waals surface area contributed by atoms with E-state index in [-0.39, 0.29) is 29.9 Å². The lowest BCUT2D eigenvalue weighted by Gasteiger charge is -2.17. The first-order valence-corrected chi connectivity index (χ1v) is 10.4. The van der Waals surface area contributed by atoms with Crippen molar-refractivity contribution in [3.05, 3.63) is 29.8 Å². The zero-order valence-corrected chi connectivity index (χ0v) is 19.4. The molecule has 0 saturated heterocycles. The van der Waals surface area contributed by atoms with Gasteiger partial charge in [-0.05, 0) is 50.6 Å². The number of carbonyl (C=O) groups is 1. The van der Waals surface area contributed by atoms with E-state index in [0.717, 1.165) is 17.8 Å². The van der Waals surface area contributed by atoms with Gasteiger partial charge in [0, 0.05) is 29.9 Å². The number of aliphatic imine (C=N–C) groups is 1. The normalized spacial score (nSPS) is 19.1. The number of thioether (sulfide) groups is 1. The van der Waals surface area contributed by atoms with Crippen LogP contribution in [0.5, 0.6) is 5.75 Å². The number of halogens is 1. The third-order valence-electron chi connectivity index (χ3n) is 4.40. The van der Waals surface area contributed by atoms with Crippen LogP contribution in [0.1, 0.15) is 36.5 Å². The molecule has 1 amide bonds. The molecule has 27 heavy (non-hydrogen) atoms. The minimum atomic E-state index is -0.115. The Morgan fingerprint density at radius 1 is 1.33 bits per heavy atom. The SMILES string of the molecule is CCNC(=NCCNC(=O)c1cccc(OC)c1)NC1CCC(SC)C1.I. The molecule has 1 aliphatic carbocycles. The lowest BCUT2D eigenvalue weighted by atomic mass is 10.2. The molecule has 1 aromatic rings. The summed E-state index contributed by atoms with van der Waals surface area (Å²) >= 11 is 1.95. The molecule has 2 rings (SSSR count). The number of hydrogen-bond acceptors (Lipinski definition) is 4. The van der Waals surface area contributed by atoms with Gasteiger partial charge in [0.15, 0.2) is 5.96 Å². The Bertz CT molecular complexity index is 615. The van der Waals surface area contributed by atoms with Gasteiger partial charge >= 0.3 is 0 Å². The number of amides is 1. The van der Waals surface area contributed by atoms with Crippen molar-refractivity contribution in [3.8, 4) is 5.75 Å². The number of methoxy groups -OCH3 is 1. The van der Waals surface area contributed by atoms with E-state index in [1.165, 1.54) is 19.3 Å². The summed E-state index contributed by atoms with van der Waals surface area (Å²) in [5.74, 6) is 1.39. The van der Waals surface area contributed by atoms with Gasteiger partial charge in [-0.3, -0.25) is 9.79 Å². The van der Waals surface area contributed by atoms with Crippen molar-refractivity contribution in [2.24, 2.45) is 4.99 Å². The van der Waals surface area contributed by atoms with Gasteiger partial charge in [-0.1, -0.05) is 6.07 Å². The largest absolute Gasteiger partial charge is 0.497 e. The van der Waals surface area contributed by atoms with E-state index in [2.05, 4.69) is 34.1 Å². The van der Waals surface area contributed by atoms with E-state index < -0.39 is 0 Å². The molecule has 1 aliphatic rings. The van der Waals surface area contributed by atoms with E-state index >= 15 is 0 Å². The van der Waals surface area contributed by atoms with Crippen LogP contribution < -0.4 is 20.7 Å². The molecule has 0 aliphatic heterocycles. The highest BCUT2D eigenvalue weighted by Crippen LogP contribution is 2.27. The van der Waals surface area contributed by atoms with E-state index in [9.17, 15) is 4.79 Å². The molecule has 3 N–H and O–H groups in total. The van der Waals surface area contributed by atoms with Crippen molar-refractivity contribution < 1.29 is 9.53 Å². The zero-order chi connectivity index (χ0) is 18.8. The quantitative estimate of drug-likeness (QED) is 0.219. The number of guanidine groups is 1. The first-order chi connectivity index (χ1) is 12.7. The van der Waals surface area contributed by atoms with Gasteiger partial charge in [0.2, 0.25) is 0 Å². The Balaban J connectivity index is 0.00000364. The minimum Gasteiger partial charge on any atom is -0.497 e. The van der Waals surface area contributed by atoms with Gasteiger partial charge in [0.05, 0.1) is 13.7 Å². The standard InChI is InChI=1S/C19H30N4O2S.HI/c1-4-20-19(23-15-8-9-17(13-15)26-3)22-11-10-21-18(24)14-6-5-7-16(12-14)25-2;/h5-7,12,15,17H,4,8-11,13H2,1-3H3,(H,21,24)(H2,20,22,23);1H. The summed E-state index contributed by atoms with van der Waals surface area (Å²) in [5, 5.41) is 10.4. The monoisotopic (exact) mass is 506 g/mol. The van der Waals surface area contributed by atoms with Crippen LogP contribution in [0.3, 0.4) is 0 Å². The molecule has 0 aromatic heterocycles. The average Bonchev–Trinajstić information content (AvgIpc) is 3.12. The Morgan fingerprint density at radius 3 is 2.81 bits per heavy atom. The highest BCUT2D eigenvalue weighted by atomic mass is 127. The third-order valence-corrected chi connectivity index (χ3v) is 5.50. The van der Waals surface area contributed by atoms with Crippen LogP contribution in [0.15, 0.2) is 29.3 Å². The molecule has 1 aromatic carbocycles. The summed E-state index contributed by atoms with van der Waals surface area (Å²) in [5.41, 5.74) is 0.590. The van der Waals surface area contributed by atoms with Crippen LogP contribution >= 0.6 is 35.7 Å². The van der Waals surface area contributed by atoms with Crippen molar-refractivity contribution >= 4 is 47.6 Å². The van der Waals surface area contributed by atoms with Gasteiger partial charge in [0.1, 0.15) is 5.75 Å². The maximum absolute atomic E-state index is 12.2. The van der Waals surface area contributed by atoms with Gasteiger partial charge in [0.25, 0.3) is 5.91 Å². The van der Waals surface area contributed by atoms with Crippen molar-refractivity contribution in [1.82, 2.24) is 16.0 Å². The Morgan fingerprint density at radius 2 is 2.15 bits per heavy atom. The maximum atomic E-state index is 12.2. The fraction of sp³-hybridized carbons (Fsp3) is 0.579. The maximum Gasteiger partial charge on any atom is 0.251 e. The molecule has 2 unspecified atom stereocenters. The molecule has 2 atom stereocenters. The number of benzene rings is 1. The van der Waals surface area contributed by atoms with E-state index in [1.807, 2.05) is 23.9 Å². The number of ether oxygens (including phenoxy) is 1. The van der Waals surface area contributed by atoms with E-state index in [1.54, 1.807) is 19.2 Å². The van der Waals surface area contributed by atoms with Crippen LogP contribution in [0.4, 0.5) is 0 Å². The molecule has 1 saturated carbocycles. The Hall–Kier alpha value is -1.16. The topological polar surface area (TPSA) is 74.8 Å². The van der Waals surface area contributed by atoms with Crippen LogP contribution in [-0.2, 0) is 0 Å². The summed E-state index contributed by atoms with van der Waals surface area (Å²) in [7, 11) is 1.59. The summed E-state index contributed by atoms with van der Waals surface area (Å²) in [4.78, 5) is 16.8. The number of nitrogens with zero attached hydrogens (tertiary/aromatic N) is 1. The summed E-state index contributed by atoms with van der Waals surface area (Å²) < 4.78 is 5.15. The van der Waals surface area contributed by atoms with E-state index in [0.29, 0.717) is 30.4 Å². The average molecular weight is 506 g/mol. The molecule has 0 bridgehead atoms. The molecule has 8 heteroatoms. The van der Waals surface area contributed by atoms with Crippen LogP contribution in [0.25, 0.3) is 0 Å². The molecule has 6 nitrogen and oxygen atoms in total. The fourth-order valence-corrected chi connectivity index (χ4v) is 3.80. The molecule has 0 heterocycles. The summed E-state index contributed by atoms with van der Waals surface area (Å²) in [6.07, 6.45) is 5.80. The van der Waals surface area contributed by atoms with Crippen molar-refractivity contribution in [2.75, 3.05) is 33.0 Å². The first kappa shape index (κ1) is 23.9.